The third-order valence-electron chi connectivity index (χ3n) is 10.4. The highest BCUT2D eigenvalue weighted by molar-refractivity contribution is 6.23. The van der Waals surface area contributed by atoms with Gasteiger partial charge in [-0.05, 0) is 111 Å². The van der Waals surface area contributed by atoms with Crippen molar-refractivity contribution in [2.24, 2.45) is 0 Å². The van der Waals surface area contributed by atoms with E-state index in [1.54, 1.807) is 0 Å². The van der Waals surface area contributed by atoms with Gasteiger partial charge in [0.2, 0.25) is 0 Å². The molecule has 0 radical (unpaired) electrons. The fourth-order valence-corrected chi connectivity index (χ4v) is 8.07. The maximum Gasteiger partial charge on any atom is -0.00201 e. The topological polar surface area (TPSA) is 0 Å². The van der Waals surface area contributed by atoms with E-state index in [0.29, 0.717) is 0 Å². The lowest BCUT2D eigenvalue weighted by atomic mass is 9.84. The summed E-state index contributed by atoms with van der Waals surface area (Å²) in [7, 11) is 0. The number of hydrogen-bond acceptors (Lipinski definition) is 0. The molecule has 0 N–H and O–H groups in total. The molecule has 0 aliphatic heterocycles. The molecule has 0 spiro atoms. The summed E-state index contributed by atoms with van der Waals surface area (Å²) in [5.74, 6) is 0. The Hall–Kier alpha value is -6.50. The van der Waals surface area contributed by atoms with E-state index >= 15 is 0 Å². The summed E-state index contributed by atoms with van der Waals surface area (Å²) in [5, 5.41) is 12.7. The monoisotopic (exact) mass is 815 g/mol. The number of hydrogen-bond donors (Lipinski definition) is 0. The molecule has 0 nitrogen and oxygen atoms in total. The molecule has 0 aliphatic rings. The van der Waals surface area contributed by atoms with Crippen LogP contribution in [0.15, 0.2) is 194 Å². The SMILES string of the molecule is C.C.CC.CC.CC.CC.CC.c1ccc2c(-c3ccc4cc(-c5ccc(-c6c7ccccc7c(-c7cccc8ccccc78)c7ccccc67)cc5)ccc4c3)cccc2c1. The molecule has 0 aliphatic carbocycles. The van der Waals surface area contributed by atoms with Crippen LogP contribution >= 0.6 is 0 Å². The zero-order valence-electron chi connectivity index (χ0n) is 37.5. The summed E-state index contributed by atoms with van der Waals surface area (Å²) in [5.41, 5.74) is 10.0. The second-order valence-electron chi connectivity index (χ2n) is 13.2. The van der Waals surface area contributed by atoms with Crippen LogP contribution in [0.4, 0.5) is 0 Å². The van der Waals surface area contributed by atoms with Gasteiger partial charge in [-0.2, -0.15) is 0 Å². The molecule has 0 saturated carbocycles. The molecule has 0 saturated heterocycles. The van der Waals surface area contributed by atoms with Crippen molar-refractivity contribution >= 4 is 53.9 Å². The van der Waals surface area contributed by atoms with Crippen LogP contribution < -0.4 is 0 Å². The summed E-state index contributed by atoms with van der Waals surface area (Å²) in [4.78, 5) is 0. The van der Waals surface area contributed by atoms with Crippen molar-refractivity contribution in [2.45, 2.75) is 84.1 Å². The van der Waals surface area contributed by atoms with Gasteiger partial charge in [-0.25, -0.2) is 0 Å². The van der Waals surface area contributed by atoms with E-state index in [2.05, 4.69) is 194 Å². The van der Waals surface area contributed by atoms with Gasteiger partial charge in [0.1, 0.15) is 0 Å². The Labute approximate surface area is 374 Å². The first kappa shape index (κ1) is 49.9. The number of rotatable bonds is 4. The van der Waals surface area contributed by atoms with Gasteiger partial charge < -0.3 is 0 Å². The molecule has 0 heterocycles. The van der Waals surface area contributed by atoms with E-state index in [1.165, 1.54) is 98.4 Å². The van der Waals surface area contributed by atoms with Gasteiger partial charge in [-0.3, -0.25) is 0 Å². The number of fused-ring (bicyclic) bond motifs is 5. The van der Waals surface area contributed by atoms with Crippen LogP contribution in [-0.2, 0) is 0 Å². The predicted molar refractivity (Wildman–Crippen MR) is 286 cm³/mol. The molecule has 0 bridgehead atoms. The van der Waals surface area contributed by atoms with Crippen molar-refractivity contribution in [3.05, 3.63) is 194 Å². The van der Waals surface area contributed by atoms with Crippen molar-refractivity contribution < 1.29 is 0 Å². The minimum atomic E-state index is 0. The molecule has 62 heavy (non-hydrogen) atoms. The molecule has 10 rings (SSSR count). The van der Waals surface area contributed by atoms with Crippen LogP contribution in [0.2, 0.25) is 0 Å². The maximum atomic E-state index is 2.32. The molecule has 0 heteroatoms. The van der Waals surface area contributed by atoms with E-state index in [-0.39, 0.29) is 14.9 Å². The van der Waals surface area contributed by atoms with Crippen molar-refractivity contribution in [1.29, 1.82) is 0 Å². The largest absolute Gasteiger partial charge is 0.0776 e. The quantitative estimate of drug-likeness (QED) is 0.155. The van der Waals surface area contributed by atoms with Gasteiger partial charge >= 0.3 is 0 Å². The Balaban J connectivity index is 0.000000800. The summed E-state index contributed by atoms with van der Waals surface area (Å²) in [6.45, 7) is 20.0. The summed E-state index contributed by atoms with van der Waals surface area (Å²) in [6, 6.07) is 71.3. The normalized spacial score (nSPS) is 9.84. The zero-order chi connectivity index (χ0) is 43.0. The van der Waals surface area contributed by atoms with Gasteiger partial charge in [0.05, 0.1) is 0 Å². The van der Waals surface area contributed by atoms with Crippen molar-refractivity contribution in [3.63, 3.8) is 0 Å². The first-order chi connectivity index (χ1) is 29.8. The van der Waals surface area contributed by atoms with Crippen LogP contribution in [0.3, 0.4) is 0 Å². The second kappa shape index (κ2) is 24.7. The van der Waals surface area contributed by atoms with Crippen LogP contribution in [-0.4, -0.2) is 0 Å². The van der Waals surface area contributed by atoms with E-state index in [4.69, 9.17) is 0 Å². The van der Waals surface area contributed by atoms with Gasteiger partial charge in [-0.15, -0.1) is 0 Å². The third kappa shape index (κ3) is 9.99. The smallest absolute Gasteiger partial charge is 0.00201 e. The van der Waals surface area contributed by atoms with Gasteiger partial charge in [0.15, 0.2) is 0 Å². The fourth-order valence-electron chi connectivity index (χ4n) is 8.07. The average Bonchev–Trinajstić information content (AvgIpc) is 3.36. The fraction of sp³-hybridized carbons (Fsp3) is 0.194. The van der Waals surface area contributed by atoms with Gasteiger partial charge in [0, 0.05) is 0 Å². The van der Waals surface area contributed by atoms with E-state index in [0.717, 1.165) is 0 Å². The summed E-state index contributed by atoms with van der Waals surface area (Å²) in [6.07, 6.45) is 0. The van der Waals surface area contributed by atoms with E-state index in [9.17, 15) is 0 Å². The molecule has 0 fully saturated rings. The molecule has 318 valence electrons. The summed E-state index contributed by atoms with van der Waals surface area (Å²) >= 11 is 0. The average molecular weight is 815 g/mol. The Morgan fingerprint density at radius 1 is 0.210 bits per heavy atom. The Morgan fingerprint density at radius 2 is 0.532 bits per heavy atom. The standard InChI is InChI=1S/C50H32.5C2H6.2CH4/c1-3-15-41-34(11-1)13-9-21-43(41)40-30-29-38-31-37(27-28-39(38)32-40)33-23-25-36(26-24-33)49-45-17-5-7-19-47(45)50(48-20-8-6-18-46(48)49)44-22-10-14-35-12-2-4-16-42(35)44;5*1-2;;/h1-32H;5*1-2H3;2*1H4. The van der Waals surface area contributed by atoms with Crippen LogP contribution in [0.1, 0.15) is 84.1 Å². The predicted octanol–water partition coefficient (Wildman–Crippen LogP) is 20.5. The lowest BCUT2D eigenvalue weighted by molar-refractivity contribution is 1.50. The van der Waals surface area contributed by atoms with E-state index < -0.39 is 0 Å². The van der Waals surface area contributed by atoms with Crippen molar-refractivity contribution in [1.82, 2.24) is 0 Å². The zero-order valence-corrected chi connectivity index (χ0v) is 37.5. The van der Waals surface area contributed by atoms with Gasteiger partial charge in [0.25, 0.3) is 0 Å². The summed E-state index contributed by atoms with van der Waals surface area (Å²) < 4.78 is 0. The van der Waals surface area contributed by atoms with Crippen molar-refractivity contribution in [3.8, 4) is 44.5 Å². The number of benzene rings is 10. The molecule has 0 atom stereocenters. The first-order valence-electron chi connectivity index (χ1n) is 22.3. The first-order valence-corrected chi connectivity index (χ1v) is 22.3. The Kier molecular flexibility index (Phi) is 19.8. The van der Waals surface area contributed by atoms with Crippen LogP contribution in [0.5, 0.6) is 0 Å². The molecule has 10 aromatic carbocycles. The lowest BCUT2D eigenvalue weighted by Gasteiger charge is -2.19. The van der Waals surface area contributed by atoms with Crippen LogP contribution in [0.25, 0.3) is 98.4 Å². The minimum Gasteiger partial charge on any atom is -0.0776 e. The Bertz CT molecular complexity index is 2840. The second-order valence-corrected chi connectivity index (χ2v) is 13.2. The molecule has 0 aromatic heterocycles. The van der Waals surface area contributed by atoms with Crippen LogP contribution in [0, 0.1) is 0 Å². The molecule has 0 amide bonds. The van der Waals surface area contributed by atoms with E-state index in [1.807, 2.05) is 69.2 Å². The highest BCUT2D eigenvalue weighted by atomic mass is 14.2. The van der Waals surface area contributed by atoms with Gasteiger partial charge in [-0.1, -0.05) is 266 Å². The highest BCUT2D eigenvalue weighted by Crippen LogP contribution is 2.45. The molecule has 0 unspecified atom stereocenters. The maximum absolute atomic E-state index is 2.32. The molecular weight excluding hydrogens is 745 g/mol. The third-order valence-corrected chi connectivity index (χ3v) is 10.4. The van der Waals surface area contributed by atoms with Crippen molar-refractivity contribution in [2.75, 3.05) is 0 Å². The lowest BCUT2D eigenvalue weighted by Crippen LogP contribution is -1.91. The molecular formula is C62H70. The highest BCUT2D eigenvalue weighted by Gasteiger charge is 2.18. The minimum absolute atomic E-state index is 0. The molecule has 10 aromatic rings. The Morgan fingerprint density at radius 3 is 1.02 bits per heavy atom.